The van der Waals surface area contributed by atoms with Gasteiger partial charge in [0, 0.05) is 11.6 Å². The molecule has 4 rings (SSSR count). The van der Waals surface area contributed by atoms with Crippen molar-refractivity contribution in [1.29, 1.82) is 0 Å². The molecule has 2 N–H and O–H groups in total. The van der Waals surface area contributed by atoms with E-state index in [-0.39, 0.29) is 31.1 Å². The minimum absolute atomic E-state index is 0.0687. The Labute approximate surface area is 181 Å². The van der Waals surface area contributed by atoms with Crippen LogP contribution in [0.4, 0.5) is 5.69 Å². The van der Waals surface area contributed by atoms with Crippen LogP contribution in [0.25, 0.3) is 0 Å². The zero-order chi connectivity index (χ0) is 21.8. The predicted octanol–water partition coefficient (Wildman–Crippen LogP) is 4.24. The standard InChI is InChI=1S/C25H24N2O4/c1-16-8-10-19(11-9-16)25(18-6-4-3-5-7-18)26-14-24(29)27-21-13-23-22(30-15-31-23)12-20(21)17(2)28/h3-13,25-26H,14-15H2,1-2H3,(H,27,29)/t25-/m0/s1. The van der Waals surface area contributed by atoms with Gasteiger partial charge in [0.1, 0.15) is 0 Å². The van der Waals surface area contributed by atoms with Gasteiger partial charge in [-0.2, -0.15) is 0 Å². The second-order valence-electron chi connectivity index (χ2n) is 7.49. The number of benzene rings is 3. The van der Waals surface area contributed by atoms with Crippen LogP contribution in [0.2, 0.25) is 0 Å². The SMILES string of the molecule is CC(=O)c1cc2c(cc1NC(=O)CN[C@@H](c1ccccc1)c1ccc(C)cc1)OCO2. The van der Waals surface area contributed by atoms with Crippen LogP contribution in [0.3, 0.4) is 0 Å². The molecule has 0 radical (unpaired) electrons. The maximum Gasteiger partial charge on any atom is 0.238 e. The van der Waals surface area contributed by atoms with E-state index in [0.717, 1.165) is 11.1 Å². The molecule has 31 heavy (non-hydrogen) atoms. The van der Waals surface area contributed by atoms with Crippen LogP contribution in [0.5, 0.6) is 11.5 Å². The molecule has 6 heteroatoms. The van der Waals surface area contributed by atoms with E-state index >= 15 is 0 Å². The summed E-state index contributed by atoms with van der Waals surface area (Å²) >= 11 is 0. The van der Waals surface area contributed by atoms with Crippen molar-refractivity contribution in [2.45, 2.75) is 19.9 Å². The van der Waals surface area contributed by atoms with E-state index in [2.05, 4.69) is 34.9 Å². The number of rotatable bonds is 7. The molecule has 1 aliphatic heterocycles. The van der Waals surface area contributed by atoms with Gasteiger partial charge < -0.3 is 14.8 Å². The number of fused-ring (bicyclic) bond motifs is 1. The first-order valence-corrected chi connectivity index (χ1v) is 10.1. The molecule has 1 aliphatic rings. The minimum Gasteiger partial charge on any atom is -0.454 e. The summed E-state index contributed by atoms with van der Waals surface area (Å²) in [5.41, 5.74) is 4.10. The summed E-state index contributed by atoms with van der Waals surface area (Å²) < 4.78 is 10.7. The Morgan fingerprint density at radius 1 is 0.935 bits per heavy atom. The van der Waals surface area contributed by atoms with E-state index in [0.29, 0.717) is 22.7 Å². The number of Topliss-reactive ketones (excluding diaryl/α,β-unsaturated/α-hetero) is 1. The van der Waals surface area contributed by atoms with Gasteiger partial charge in [0.2, 0.25) is 12.7 Å². The molecule has 158 valence electrons. The molecule has 3 aromatic carbocycles. The Balaban J connectivity index is 1.51. The van der Waals surface area contributed by atoms with Crippen molar-refractivity contribution in [3.05, 3.63) is 89.0 Å². The second-order valence-corrected chi connectivity index (χ2v) is 7.49. The highest BCUT2D eigenvalue weighted by molar-refractivity contribution is 6.05. The third-order valence-corrected chi connectivity index (χ3v) is 5.18. The molecule has 0 aromatic heterocycles. The third kappa shape index (κ3) is 4.75. The van der Waals surface area contributed by atoms with E-state index in [9.17, 15) is 9.59 Å². The molecule has 0 saturated carbocycles. The fraction of sp³-hybridized carbons (Fsp3) is 0.200. The van der Waals surface area contributed by atoms with Crippen LogP contribution in [-0.2, 0) is 4.79 Å². The van der Waals surface area contributed by atoms with Crippen molar-refractivity contribution in [1.82, 2.24) is 5.32 Å². The van der Waals surface area contributed by atoms with E-state index in [4.69, 9.17) is 9.47 Å². The summed E-state index contributed by atoms with van der Waals surface area (Å²) in [6, 6.07) is 21.3. The quantitative estimate of drug-likeness (QED) is 0.564. The van der Waals surface area contributed by atoms with Crippen molar-refractivity contribution in [3.8, 4) is 11.5 Å². The molecule has 1 heterocycles. The van der Waals surface area contributed by atoms with Gasteiger partial charge in [-0.15, -0.1) is 0 Å². The number of ether oxygens (including phenoxy) is 2. The Morgan fingerprint density at radius 2 is 1.58 bits per heavy atom. The van der Waals surface area contributed by atoms with Crippen LogP contribution in [0.1, 0.15) is 40.0 Å². The fourth-order valence-corrected chi connectivity index (χ4v) is 3.56. The summed E-state index contributed by atoms with van der Waals surface area (Å²) in [6.45, 7) is 3.66. The molecular weight excluding hydrogens is 392 g/mol. The normalized spacial score (nSPS) is 13.0. The minimum atomic E-state index is -0.255. The molecule has 1 atom stereocenters. The smallest absolute Gasteiger partial charge is 0.238 e. The molecule has 0 saturated heterocycles. The molecule has 0 unspecified atom stereocenters. The third-order valence-electron chi connectivity index (χ3n) is 5.18. The monoisotopic (exact) mass is 416 g/mol. The van der Waals surface area contributed by atoms with Crippen molar-refractivity contribution in [2.75, 3.05) is 18.7 Å². The number of carbonyl (C=O) groups is 2. The summed E-state index contributed by atoms with van der Waals surface area (Å²) in [5, 5.41) is 6.17. The van der Waals surface area contributed by atoms with E-state index in [1.54, 1.807) is 12.1 Å². The Bertz CT molecular complexity index is 1090. The topological polar surface area (TPSA) is 76.7 Å². The number of anilines is 1. The largest absolute Gasteiger partial charge is 0.454 e. The molecular formula is C25H24N2O4. The molecule has 0 spiro atoms. The Kier molecular flexibility index (Phi) is 6.00. The van der Waals surface area contributed by atoms with Crippen molar-refractivity contribution < 1.29 is 19.1 Å². The van der Waals surface area contributed by atoms with Gasteiger partial charge in [-0.1, -0.05) is 60.2 Å². The number of nitrogens with one attached hydrogen (secondary N) is 2. The average molecular weight is 416 g/mol. The summed E-state index contributed by atoms with van der Waals surface area (Å²) in [7, 11) is 0. The first-order chi connectivity index (χ1) is 15.0. The molecule has 1 amide bonds. The van der Waals surface area contributed by atoms with Crippen LogP contribution >= 0.6 is 0 Å². The van der Waals surface area contributed by atoms with Gasteiger partial charge in [0.15, 0.2) is 17.3 Å². The highest BCUT2D eigenvalue weighted by Gasteiger charge is 2.21. The van der Waals surface area contributed by atoms with Crippen LogP contribution in [-0.4, -0.2) is 25.0 Å². The van der Waals surface area contributed by atoms with Crippen LogP contribution in [0, 0.1) is 6.92 Å². The summed E-state index contributed by atoms with van der Waals surface area (Å²) in [5.74, 6) is 0.595. The molecule has 6 nitrogen and oxygen atoms in total. The van der Waals surface area contributed by atoms with Gasteiger partial charge in [-0.05, 0) is 31.0 Å². The van der Waals surface area contributed by atoms with Gasteiger partial charge in [-0.3, -0.25) is 14.9 Å². The predicted molar refractivity (Wildman–Crippen MR) is 119 cm³/mol. The van der Waals surface area contributed by atoms with Gasteiger partial charge in [-0.25, -0.2) is 0 Å². The maximum absolute atomic E-state index is 12.8. The Morgan fingerprint density at radius 3 is 2.26 bits per heavy atom. The Hall–Kier alpha value is -3.64. The molecule has 3 aromatic rings. The number of hydrogen-bond acceptors (Lipinski definition) is 5. The number of amides is 1. The van der Waals surface area contributed by atoms with Crippen molar-refractivity contribution in [3.63, 3.8) is 0 Å². The average Bonchev–Trinajstić information content (AvgIpc) is 3.22. The van der Waals surface area contributed by atoms with E-state index < -0.39 is 0 Å². The number of carbonyl (C=O) groups excluding carboxylic acids is 2. The van der Waals surface area contributed by atoms with Crippen molar-refractivity contribution in [2.24, 2.45) is 0 Å². The van der Waals surface area contributed by atoms with Crippen molar-refractivity contribution >= 4 is 17.4 Å². The lowest BCUT2D eigenvalue weighted by molar-refractivity contribution is -0.115. The highest BCUT2D eigenvalue weighted by Crippen LogP contribution is 2.37. The number of aryl methyl sites for hydroxylation is 1. The van der Waals surface area contributed by atoms with Gasteiger partial charge in [0.25, 0.3) is 0 Å². The van der Waals surface area contributed by atoms with E-state index in [1.807, 2.05) is 37.3 Å². The number of ketones is 1. The first-order valence-electron chi connectivity index (χ1n) is 10.1. The van der Waals surface area contributed by atoms with E-state index in [1.165, 1.54) is 12.5 Å². The zero-order valence-electron chi connectivity index (χ0n) is 17.5. The lowest BCUT2D eigenvalue weighted by Gasteiger charge is -2.20. The van der Waals surface area contributed by atoms with Crippen LogP contribution < -0.4 is 20.1 Å². The highest BCUT2D eigenvalue weighted by atomic mass is 16.7. The molecule has 0 aliphatic carbocycles. The van der Waals surface area contributed by atoms with Gasteiger partial charge in [0.05, 0.1) is 18.3 Å². The first kappa shape index (κ1) is 20.6. The summed E-state index contributed by atoms with van der Waals surface area (Å²) in [6.07, 6.45) is 0. The summed E-state index contributed by atoms with van der Waals surface area (Å²) in [4.78, 5) is 24.8. The molecule has 0 fully saturated rings. The fourth-order valence-electron chi connectivity index (χ4n) is 3.56. The molecule has 0 bridgehead atoms. The maximum atomic E-state index is 12.8. The number of hydrogen-bond donors (Lipinski definition) is 2. The zero-order valence-corrected chi connectivity index (χ0v) is 17.5. The lowest BCUT2D eigenvalue weighted by atomic mass is 9.98. The van der Waals surface area contributed by atoms with Gasteiger partial charge >= 0.3 is 0 Å². The second kappa shape index (κ2) is 9.02. The lowest BCUT2D eigenvalue weighted by Crippen LogP contribution is -2.32. The van der Waals surface area contributed by atoms with Crippen LogP contribution in [0.15, 0.2) is 66.7 Å².